The number of hydrogen-bond acceptors (Lipinski definition) is 4. The van der Waals surface area contributed by atoms with E-state index in [4.69, 9.17) is 5.11 Å². The van der Waals surface area contributed by atoms with Crippen molar-refractivity contribution in [3.05, 3.63) is 29.8 Å². The molecular formula is C13H14N2O4S. The summed E-state index contributed by atoms with van der Waals surface area (Å²) in [6.45, 7) is 1.91. The van der Waals surface area contributed by atoms with Crippen molar-refractivity contribution in [2.75, 3.05) is 16.9 Å². The molecule has 7 heteroatoms. The number of aliphatic carboxylic acids is 1. The van der Waals surface area contributed by atoms with Crippen LogP contribution >= 0.6 is 11.8 Å². The molecule has 1 heterocycles. The predicted molar refractivity (Wildman–Crippen MR) is 75.4 cm³/mol. The van der Waals surface area contributed by atoms with E-state index in [0.29, 0.717) is 11.4 Å². The maximum atomic E-state index is 12.0. The van der Waals surface area contributed by atoms with Crippen molar-refractivity contribution in [2.45, 2.75) is 13.0 Å². The molecule has 1 atom stereocenters. The van der Waals surface area contributed by atoms with Gasteiger partial charge in [-0.15, -0.1) is 11.8 Å². The normalized spacial score (nSPS) is 17.9. The molecule has 0 aliphatic carbocycles. The summed E-state index contributed by atoms with van der Waals surface area (Å²) in [5.41, 5.74) is 1.55. The number of aryl methyl sites for hydroxylation is 1. The van der Waals surface area contributed by atoms with Crippen LogP contribution in [0.3, 0.4) is 0 Å². The number of amides is 2. The van der Waals surface area contributed by atoms with E-state index < -0.39 is 23.8 Å². The average Bonchev–Trinajstić information content (AvgIpc) is 2.90. The summed E-state index contributed by atoms with van der Waals surface area (Å²) >= 11 is 1.32. The van der Waals surface area contributed by atoms with Gasteiger partial charge in [-0.2, -0.15) is 0 Å². The largest absolute Gasteiger partial charge is 0.480 e. The Morgan fingerprint density at radius 2 is 1.95 bits per heavy atom. The molecule has 0 aromatic heterocycles. The fraction of sp³-hybridized carbons (Fsp3) is 0.308. The zero-order valence-corrected chi connectivity index (χ0v) is 11.6. The Labute approximate surface area is 120 Å². The minimum absolute atomic E-state index is 0.219. The summed E-state index contributed by atoms with van der Waals surface area (Å²) in [4.78, 5) is 35.9. The van der Waals surface area contributed by atoms with Crippen LogP contribution in [-0.4, -0.2) is 45.5 Å². The number of carbonyl (C=O) groups is 3. The molecule has 0 bridgehead atoms. The van der Waals surface area contributed by atoms with E-state index in [1.165, 1.54) is 11.8 Å². The quantitative estimate of drug-likeness (QED) is 0.792. The van der Waals surface area contributed by atoms with Gasteiger partial charge in [-0.3, -0.25) is 9.59 Å². The molecule has 2 rings (SSSR count). The number of carbonyl (C=O) groups excluding carboxylic acids is 2. The first-order valence-corrected chi connectivity index (χ1v) is 7.13. The summed E-state index contributed by atoms with van der Waals surface area (Å²) < 4.78 is 0. The van der Waals surface area contributed by atoms with Gasteiger partial charge < -0.3 is 15.3 Å². The van der Waals surface area contributed by atoms with Gasteiger partial charge in [-0.1, -0.05) is 17.7 Å². The van der Waals surface area contributed by atoms with Crippen molar-refractivity contribution in [1.82, 2.24) is 4.90 Å². The zero-order chi connectivity index (χ0) is 14.7. The second kappa shape index (κ2) is 5.96. The molecule has 1 fully saturated rings. The van der Waals surface area contributed by atoms with E-state index in [1.54, 1.807) is 12.1 Å². The van der Waals surface area contributed by atoms with Gasteiger partial charge in [0, 0.05) is 11.4 Å². The lowest BCUT2D eigenvalue weighted by molar-refractivity contribution is -0.150. The van der Waals surface area contributed by atoms with E-state index in [-0.39, 0.29) is 5.88 Å². The highest BCUT2D eigenvalue weighted by Gasteiger charge is 2.37. The topological polar surface area (TPSA) is 86.7 Å². The van der Waals surface area contributed by atoms with E-state index in [0.717, 1.165) is 10.5 Å². The maximum Gasteiger partial charge on any atom is 0.327 e. The molecular weight excluding hydrogens is 280 g/mol. The fourth-order valence-corrected chi connectivity index (χ4v) is 2.94. The Bertz CT molecular complexity index is 544. The molecule has 20 heavy (non-hydrogen) atoms. The summed E-state index contributed by atoms with van der Waals surface area (Å²) in [6.07, 6.45) is 0. The third-order valence-corrected chi connectivity index (χ3v) is 3.94. The van der Waals surface area contributed by atoms with Crippen LogP contribution in [0.15, 0.2) is 24.3 Å². The first-order chi connectivity index (χ1) is 9.49. The van der Waals surface area contributed by atoms with Crippen molar-refractivity contribution in [3.63, 3.8) is 0 Å². The van der Waals surface area contributed by atoms with Crippen molar-refractivity contribution in [2.24, 2.45) is 0 Å². The first kappa shape index (κ1) is 14.4. The standard InChI is InChI=1S/C13H14N2O4S/c1-8-2-4-9(5-3-8)14-11(16)12(17)15-7-20-6-10(15)13(18)19/h2-5,10H,6-7H2,1H3,(H,14,16)(H,18,19)/t10-/m0/s1. The van der Waals surface area contributed by atoms with Crippen molar-refractivity contribution < 1.29 is 19.5 Å². The molecule has 1 aromatic rings. The molecule has 0 radical (unpaired) electrons. The van der Waals surface area contributed by atoms with Crippen molar-refractivity contribution in [1.29, 1.82) is 0 Å². The summed E-state index contributed by atoms with van der Waals surface area (Å²) in [7, 11) is 0. The second-order valence-electron chi connectivity index (χ2n) is 4.45. The zero-order valence-electron chi connectivity index (χ0n) is 10.8. The Hall–Kier alpha value is -2.02. The molecule has 1 aliphatic heterocycles. The SMILES string of the molecule is Cc1ccc(NC(=O)C(=O)N2CSC[C@H]2C(=O)O)cc1. The third kappa shape index (κ3) is 3.11. The monoisotopic (exact) mass is 294 g/mol. The number of hydrogen-bond donors (Lipinski definition) is 2. The van der Waals surface area contributed by atoms with E-state index >= 15 is 0 Å². The lowest BCUT2D eigenvalue weighted by Gasteiger charge is -2.19. The lowest BCUT2D eigenvalue weighted by Crippen LogP contribution is -2.46. The van der Waals surface area contributed by atoms with E-state index in [1.807, 2.05) is 19.1 Å². The average molecular weight is 294 g/mol. The number of nitrogens with one attached hydrogen (secondary N) is 1. The van der Waals surface area contributed by atoms with Gasteiger partial charge in [0.2, 0.25) is 0 Å². The van der Waals surface area contributed by atoms with Crippen LogP contribution in [0.5, 0.6) is 0 Å². The van der Waals surface area contributed by atoms with Crippen LogP contribution in [0.4, 0.5) is 5.69 Å². The molecule has 0 saturated carbocycles. The van der Waals surface area contributed by atoms with E-state index in [9.17, 15) is 14.4 Å². The maximum absolute atomic E-state index is 12.0. The van der Waals surface area contributed by atoms with Gasteiger partial charge in [0.05, 0.1) is 5.88 Å². The van der Waals surface area contributed by atoms with Gasteiger partial charge in [-0.25, -0.2) is 4.79 Å². The molecule has 1 saturated heterocycles. The van der Waals surface area contributed by atoms with Crippen LogP contribution in [0, 0.1) is 6.92 Å². The molecule has 106 valence electrons. The summed E-state index contributed by atoms with van der Waals surface area (Å²) in [6, 6.07) is 6.07. The molecule has 0 unspecified atom stereocenters. The summed E-state index contributed by atoms with van der Waals surface area (Å²) in [5.74, 6) is -2.20. The Morgan fingerprint density at radius 3 is 2.55 bits per heavy atom. The highest BCUT2D eigenvalue weighted by molar-refractivity contribution is 7.99. The van der Waals surface area contributed by atoms with Crippen LogP contribution in [0.2, 0.25) is 0 Å². The van der Waals surface area contributed by atoms with Crippen LogP contribution in [0.25, 0.3) is 0 Å². The van der Waals surface area contributed by atoms with Gasteiger partial charge in [0.15, 0.2) is 0 Å². The number of rotatable bonds is 2. The van der Waals surface area contributed by atoms with Crippen LogP contribution in [0.1, 0.15) is 5.56 Å². The highest BCUT2D eigenvalue weighted by Crippen LogP contribution is 2.21. The molecule has 2 N–H and O–H groups in total. The number of carboxylic acid groups (broad SMARTS) is 1. The van der Waals surface area contributed by atoms with Gasteiger partial charge in [0.1, 0.15) is 6.04 Å². The van der Waals surface area contributed by atoms with Crippen molar-refractivity contribution in [3.8, 4) is 0 Å². The van der Waals surface area contributed by atoms with Gasteiger partial charge in [0.25, 0.3) is 0 Å². The minimum Gasteiger partial charge on any atom is -0.480 e. The number of thioether (sulfide) groups is 1. The molecule has 0 spiro atoms. The Morgan fingerprint density at radius 1 is 1.30 bits per heavy atom. The molecule has 2 amide bonds. The number of anilines is 1. The third-order valence-electron chi connectivity index (χ3n) is 2.93. The molecule has 1 aromatic carbocycles. The van der Waals surface area contributed by atoms with Crippen molar-refractivity contribution >= 4 is 35.2 Å². The highest BCUT2D eigenvalue weighted by atomic mass is 32.2. The van der Waals surface area contributed by atoms with Crippen LogP contribution in [-0.2, 0) is 14.4 Å². The van der Waals surface area contributed by atoms with Gasteiger partial charge in [-0.05, 0) is 19.1 Å². The Kier molecular flexibility index (Phi) is 4.29. The number of carboxylic acids is 1. The number of benzene rings is 1. The second-order valence-corrected chi connectivity index (χ2v) is 5.45. The van der Waals surface area contributed by atoms with E-state index in [2.05, 4.69) is 5.32 Å². The Balaban J connectivity index is 2.03. The minimum atomic E-state index is -1.09. The molecule has 6 nitrogen and oxygen atoms in total. The van der Waals surface area contributed by atoms with Crippen LogP contribution < -0.4 is 5.32 Å². The molecule has 1 aliphatic rings. The summed E-state index contributed by atoms with van der Waals surface area (Å²) in [5, 5.41) is 11.5. The predicted octanol–water partition coefficient (Wildman–Crippen LogP) is 0.920. The fourth-order valence-electron chi connectivity index (χ4n) is 1.80. The van der Waals surface area contributed by atoms with Gasteiger partial charge >= 0.3 is 17.8 Å². The lowest BCUT2D eigenvalue weighted by atomic mass is 10.2. The number of nitrogens with zero attached hydrogens (tertiary/aromatic N) is 1. The smallest absolute Gasteiger partial charge is 0.327 e. The first-order valence-electron chi connectivity index (χ1n) is 5.98.